The largest absolute Gasteiger partial charge is 0.493 e. The molecule has 144 valence electrons. The Hall–Kier alpha value is -3.35. The van der Waals surface area contributed by atoms with Crippen LogP contribution in [0.15, 0.2) is 48.5 Å². The summed E-state index contributed by atoms with van der Waals surface area (Å²) in [6.07, 6.45) is 2.12. The van der Waals surface area contributed by atoms with E-state index < -0.39 is 0 Å². The SMILES string of the molecule is COc1ccc([C@@H]2C=C(c3ccc(C(C)C)cc3)Nc3nnnn32)cc1OC. The number of nitrogens with zero attached hydrogens (tertiary/aromatic N) is 4. The number of tetrazole rings is 1. The first-order valence-electron chi connectivity index (χ1n) is 9.19. The van der Waals surface area contributed by atoms with Gasteiger partial charge in [-0.05, 0) is 51.2 Å². The number of fused-ring (bicyclic) bond motifs is 1. The number of anilines is 1. The fraction of sp³-hybridized carbons (Fsp3) is 0.286. The molecule has 0 saturated carbocycles. The maximum Gasteiger partial charge on any atom is 0.248 e. The van der Waals surface area contributed by atoms with E-state index in [4.69, 9.17) is 9.47 Å². The van der Waals surface area contributed by atoms with E-state index in [1.807, 2.05) is 18.2 Å². The van der Waals surface area contributed by atoms with Crippen LogP contribution in [0.1, 0.15) is 42.5 Å². The second-order valence-electron chi connectivity index (χ2n) is 6.99. The molecule has 0 unspecified atom stereocenters. The van der Waals surface area contributed by atoms with Crippen LogP contribution in [0.2, 0.25) is 0 Å². The van der Waals surface area contributed by atoms with Crippen LogP contribution in [0, 0.1) is 0 Å². The van der Waals surface area contributed by atoms with E-state index in [0.29, 0.717) is 23.4 Å². The van der Waals surface area contributed by atoms with Crippen molar-refractivity contribution in [2.75, 3.05) is 19.5 Å². The van der Waals surface area contributed by atoms with Gasteiger partial charge in [-0.1, -0.05) is 49.3 Å². The fourth-order valence-corrected chi connectivity index (χ4v) is 3.34. The first kappa shape index (κ1) is 18.0. The van der Waals surface area contributed by atoms with E-state index in [2.05, 4.69) is 65.0 Å². The minimum absolute atomic E-state index is 0.161. The molecular weight excluding hydrogens is 354 g/mol. The molecule has 1 N–H and O–H groups in total. The van der Waals surface area contributed by atoms with Crippen molar-refractivity contribution < 1.29 is 9.47 Å². The number of hydrogen-bond donors (Lipinski definition) is 1. The summed E-state index contributed by atoms with van der Waals surface area (Å²) in [6.45, 7) is 4.38. The lowest BCUT2D eigenvalue weighted by molar-refractivity contribution is 0.354. The van der Waals surface area contributed by atoms with E-state index >= 15 is 0 Å². The fourth-order valence-electron chi connectivity index (χ4n) is 3.34. The zero-order chi connectivity index (χ0) is 19.7. The third kappa shape index (κ3) is 3.19. The van der Waals surface area contributed by atoms with Crippen molar-refractivity contribution in [1.29, 1.82) is 0 Å². The van der Waals surface area contributed by atoms with Crippen molar-refractivity contribution in [1.82, 2.24) is 20.2 Å². The van der Waals surface area contributed by atoms with Crippen molar-refractivity contribution in [2.45, 2.75) is 25.8 Å². The van der Waals surface area contributed by atoms with Gasteiger partial charge in [0.1, 0.15) is 6.04 Å². The summed E-state index contributed by atoms with van der Waals surface area (Å²) >= 11 is 0. The van der Waals surface area contributed by atoms with Gasteiger partial charge in [0.05, 0.1) is 14.2 Å². The third-order valence-corrected chi connectivity index (χ3v) is 4.96. The molecule has 0 radical (unpaired) electrons. The van der Waals surface area contributed by atoms with Gasteiger partial charge in [-0.25, -0.2) is 0 Å². The van der Waals surface area contributed by atoms with Crippen LogP contribution in [0.4, 0.5) is 5.95 Å². The Morgan fingerprint density at radius 1 is 1.00 bits per heavy atom. The first-order valence-corrected chi connectivity index (χ1v) is 9.19. The van der Waals surface area contributed by atoms with E-state index in [-0.39, 0.29) is 6.04 Å². The van der Waals surface area contributed by atoms with E-state index in [9.17, 15) is 0 Å². The van der Waals surface area contributed by atoms with Gasteiger partial charge in [0, 0.05) is 5.70 Å². The van der Waals surface area contributed by atoms with Crippen molar-refractivity contribution in [3.63, 3.8) is 0 Å². The minimum atomic E-state index is -0.161. The van der Waals surface area contributed by atoms with Gasteiger partial charge < -0.3 is 14.8 Å². The van der Waals surface area contributed by atoms with Crippen LogP contribution in [-0.2, 0) is 0 Å². The van der Waals surface area contributed by atoms with E-state index in [1.165, 1.54) is 5.56 Å². The topological polar surface area (TPSA) is 74.1 Å². The standard InChI is InChI=1S/C21H23N5O2/c1-13(2)14-5-7-15(8-6-14)17-12-18(26-21(22-17)23-24-25-26)16-9-10-19(27-3)20(11-16)28-4/h5-13,18H,1-4H3,(H,22,23,25)/t18-/m0/s1. The highest BCUT2D eigenvalue weighted by Crippen LogP contribution is 2.36. The molecule has 1 aliphatic rings. The Morgan fingerprint density at radius 2 is 1.75 bits per heavy atom. The number of rotatable bonds is 5. The van der Waals surface area contributed by atoms with Crippen molar-refractivity contribution >= 4 is 11.6 Å². The van der Waals surface area contributed by atoms with Gasteiger partial charge in [0.15, 0.2) is 11.5 Å². The average molecular weight is 377 g/mol. The molecular formula is C21H23N5O2. The van der Waals surface area contributed by atoms with Gasteiger partial charge in [-0.2, -0.15) is 4.68 Å². The minimum Gasteiger partial charge on any atom is -0.493 e. The Labute approximate surface area is 164 Å². The maximum atomic E-state index is 5.46. The summed E-state index contributed by atoms with van der Waals surface area (Å²) in [5, 5.41) is 15.4. The lowest BCUT2D eigenvalue weighted by Gasteiger charge is -2.24. The monoisotopic (exact) mass is 377 g/mol. The summed E-state index contributed by atoms with van der Waals surface area (Å²) in [5.74, 6) is 2.45. The second-order valence-corrected chi connectivity index (χ2v) is 6.99. The molecule has 2 aromatic carbocycles. The molecule has 0 bridgehead atoms. The summed E-state index contributed by atoms with van der Waals surface area (Å²) in [4.78, 5) is 0. The molecule has 28 heavy (non-hydrogen) atoms. The normalized spacial score (nSPS) is 15.6. The molecule has 1 aliphatic heterocycles. The number of ether oxygens (including phenoxy) is 2. The number of allylic oxidation sites excluding steroid dienone is 1. The van der Waals surface area contributed by atoms with Gasteiger partial charge in [0.25, 0.3) is 0 Å². The Bertz CT molecular complexity index is 1010. The summed E-state index contributed by atoms with van der Waals surface area (Å²) < 4.78 is 12.6. The quantitative estimate of drug-likeness (QED) is 0.728. The van der Waals surface area contributed by atoms with Crippen molar-refractivity contribution in [2.24, 2.45) is 0 Å². The highest BCUT2D eigenvalue weighted by molar-refractivity contribution is 5.77. The lowest BCUT2D eigenvalue weighted by atomic mass is 9.98. The molecule has 1 atom stereocenters. The molecule has 0 amide bonds. The first-order chi connectivity index (χ1) is 13.6. The lowest BCUT2D eigenvalue weighted by Crippen LogP contribution is -2.20. The number of methoxy groups -OCH3 is 2. The summed E-state index contributed by atoms with van der Waals surface area (Å²) in [5.41, 5.74) is 4.37. The van der Waals surface area contributed by atoms with Gasteiger partial charge in [-0.15, -0.1) is 0 Å². The van der Waals surface area contributed by atoms with Crippen LogP contribution in [0.25, 0.3) is 5.70 Å². The highest BCUT2D eigenvalue weighted by atomic mass is 16.5. The zero-order valence-electron chi connectivity index (χ0n) is 16.4. The Kier molecular flexibility index (Phi) is 4.73. The molecule has 2 heterocycles. The van der Waals surface area contributed by atoms with Crippen LogP contribution in [0.5, 0.6) is 11.5 Å². The number of hydrogen-bond acceptors (Lipinski definition) is 6. The smallest absolute Gasteiger partial charge is 0.248 e. The summed E-state index contributed by atoms with van der Waals surface area (Å²) in [7, 11) is 3.25. The Balaban J connectivity index is 1.75. The molecule has 0 spiro atoms. The number of nitrogens with one attached hydrogen (secondary N) is 1. The van der Waals surface area contributed by atoms with Gasteiger partial charge in [-0.3, -0.25) is 0 Å². The second kappa shape index (κ2) is 7.34. The zero-order valence-corrected chi connectivity index (χ0v) is 16.4. The van der Waals surface area contributed by atoms with Crippen LogP contribution in [-0.4, -0.2) is 34.4 Å². The molecule has 7 nitrogen and oxygen atoms in total. The van der Waals surface area contributed by atoms with E-state index in [1.54, 1.807) is 18.9 Å². The van der Waals surface area contributed by atoms with Crippen molar-refractivity contribution in [3.05, 3.63) is 65.2 Å². The Morgan fingerprint density at radius 3 is 2.43 bits per heavy atom. The van der Waals surface area contributed by atoms with E-state index in [0.717, 1.165) is 16.8 Å². The highest BCUT2D eigenvalue weighted by Gasteiger charge is 2.25. The average Bonchev–Trinajstić information content (AvgIpc) is 3.21. The molecule has 0 aliphatic carbocycles. The molecule has 4 rings (SSSR count). The van der Waals surface area contributed by atoms with Gasteiger partial charge >= 0.3 is 0 Å². The van der Waals surface area contributed by atoms with Crippen LogP contribution >= 0.6 is 0 Å². The molecule has 1 aromatic heterocycles. The molecule has 3 aromatic rings. The molecule has 0 saturated heterocycles. The number of aromatic nitrogens is 4. The predicted molar refractivity (Wildman–Crippen MR) is 108 cm³/mol. The van der Waals surface area contributed by atoms with Crippen LogP contribution < -0.4 is 14.8 Å². The van der Waals surface area contributed by atoms with Gasteiger partial charge in [0.2, 0.25) is 5.95 Å². The number of benzene rings is 2. The summed E-state index contributed by atoms with van der Waals surface area (Å²) in [6, 6.07) is 14.3. The van der Waals surface area contributed by atoms with Crippen LogP contribution in [0.3, 0.4) is 0 Å². The maximum absolute atomic E-state index is 5.46. The predicted octanol–water partition coefficient (Wildman–Crippen LogP) is 3.87. The van der Waals surface area contributed by atoms with Crippen molar-refractivity contribution in [3.8, 4) is 11.5 Å². The third-order valence-electron chi connectivity index (χ3n) is 4.96. The molecule has 7 heteroatoms. The molecule has 0 fully saturated rings.